The second-order valence-corrected chi connectivity index (χ2v) is 13.0. The van der Waals surface area contributed by atoms with Crippen LogP contribution in [0.4, 0.5) is 26.7 Å². The zero-order valence-electron chi connectivity index (χ0n) is 32.0. The highest BCUT2D eigenvalue weighted by Crippen LogP contribution is 2.28. The molecule has 0 fully saturated rings. The molecule has 10 N–H and O–H groups in total. The maximum absolute atomic E-state index is 13.4. The van der Waals surface area contributed by atoms with Gasteiger partial charge in [-0.15, -0.1) is 0 Å². The number of aliphatic hydroxyl groups is 4. The van der Waals surface area contributed by atoms with Gasteiger partial charge < -0.3 is 51.7 Å². The number of hydrogen-bond acceptors (Lipinski definition) is 12. The van der Waals surface area contributed by atoms with Gasteiger partial charge in [-0.2, -0.15) is 0 Å². The highest BCUT2D eigenvalue weighted by Gasteiger charge is 2.39. The monoisotopic (exact) mass is 865 g/mol. The summed E-state index contributed by atoms with van der Waals surface area (Å²) in [5.41, 5.74) is 0.818. The van der Waals surface area contributed by atoms with Gasteiger partial charge in [-0.1, -0.05) is 54.1 Å². The summed E-state index contributed by atoms with van der Waals surface area (Å²) < 4.78 is 0. The van der Waals surface area contributed by atoms with Crippen LogP contribution in [0.1, 0.15) is 56.5 Å². The number of amides is 7. The molecule has 0 aliphatic heterocycles. The van der Waals surface area contributed by atoms with Gasteiger partial charge in [0.1, 0.15) is 6.54 Å². The quantitative estimate of drug-likeness (QED) is 0.0644. The summed E-state index contributed by atoms with van der Waals surface area (Å²) in [5, 5.41) is 71.7. The molecule has 0 radical (unpaired) electrons. The zero-order chi connectivity index (χ0) is 45.4. The second kappa shape index (κ2) is 22.8. The molecular formula is C40H40ClN5O15. The summed E-state index contributed by atoms with van der Waals surface area (Å²) in [6.07, 6.45) is -2.89. The van der Waals surface area contributed by atoms with Crippen molar-refractivity contribution < 1.29 is 74.1 Å². The van der Waals surface area contributed by atoms with Crippen molar-refractivity contribution in [1.82, 2.24) is 10.6 Å². The topological polar surface area (TPSA) is 321 Å². The van der Waals surface area contributed by atoms with Gasteiger partial charge in [-0.25, -0.2) is 24.2 Å². The lowest BCUT2D eigenvalue weighted by atomic mass is 10.1. The first-order valence-electron chi connectivity index (χ1n) is 17.8. The molecule has 0 aliphatic carbocycles. The van der Waals surface area contributed by atoms with Crippen LogP contribution in [0.3, 0.4) is 0 Å². The fourth-order valence-corrected chi connectivity index (χ4v) is 5.37. The molecule has 21 heteroatoms. The third-order valence-electron chi connectivity index (χ3n) is 8.14. The first-order valence-corrected chi connectivity index (χ1v) is 18.2. The van der Waals surface area contributed by atoms with E-state index >= 15 is 0 Å². The molecule has 4 aromatic rings. The predicted molar refractivity (Wildman–Crippen MR) is 216 cm³/mol. The van der Waals surface area contributed by atoms with Crippen molar-refractivity contribution in [2.24, 2.45) is 0 Å². The molecule has 0 heterocycles. The van der Waals surface area contributed by atoms with Gasteiger partial charge in [0.15, 0.2) is 12.6 Å². The number of nitrogens with one attached hydrogen (secondary N) is 3. The van der Waals surface area contributed by atoms with Crippen LogP contribution in [0.15, 0.2) is 91.0 Å². The molecule has 0 bridgehead atoms. The summed E-state index contributed by atoms with van der Waals surface area (Å²) in [5.74, 6) is -7.84. The average Bonchev–Trinajstić information content (AvgIpc) is 3.21. The number of carbonyl (C=O) groups excluding carboxylic acids is 5. The molecule has 4 rings (SSSR count). The molecule has 0 spiro atoms. The number of urea groups is 2. The van der Waals surface area contributed by atoms with Gasteiger partial charge in [0.2, 0.25) is 0 Å². The molecular weight excluding hydrogens is 826 g/mol. The van der Waals surface area contributed by atoms with E-state index in [1.54, 1.807) is 18.2 Å². The standard InChI is InChI=1S/C22H22N4O12.C18H18ClNO3/c27-15(28)9-23-21(37)25(13-7-3-1-5-11(13)19(33)34)17(31)18(32)26(22(38)24-10-16(29)30)14-8-4-2-6-12(14)20(35)36;1-12-11-14(7-10-16(12)19)18(23)20-15-8-5-13(6-9-15)3-2-4-17(21)22/h1-8,15,19,27-28,33-34H,9-10H2,(H,23,37)(H,24,38)(H,29,30)(H,35,36);5-11H,2-4H2,1H3,(H,20,23)(H,21,22). The van der Waals surface area contributed by atoms with E-state index in [-0.39, 0.29) is 22.1 Å². The molecule has 0 aliphatic rings. The van der Waals surface area contributed by atoms with Crippen LogP contribution >= 0.6 is 11.6 Å². The molecule has 20 nitrogen and oxygen atoms in total. The van der Waals surface area contributed by atoms with Crippen LogP contribution in [0.25, 0.3) is 0 Å². The summed E-state index contributed by atoms with van der Waals surface area (Å²) in [6.45, 7) is -0.0273. The van der Waals surface area contributed by atoms with E-state index in [9.17, 15) is 53.7 Å². The number of carboxylic acid groups (broad SMARTS) is 3. The van der Waals surface area contributed by atoms with Crippen LogP contribution in [0.5, 0.6) is 0 Å². The summed E-state index contributed by atoms with van der Waals surface area (Å²) in [7, 11) is 0. The van der Waals surface area contributed by atoms with Crippen molar-refractivity contribution in [1.29, 1.82) is 0 Å². The van der Waals surface area contributed by atoms with E-state index in [1.807, 2.05) is 41.8 Å². The van der Waals surface area contributed by atoms with Crippen molar-refractivity contribution in [3.63, 3.8) is 0 Å². The van der Waals surface area contributed by atoms with Gasteiger partial charge in [-0.05, 0) is 79.4 Å². The average molecular weight is 866 g/mol. The molecule has 7 amide bonds. The van der Waals surface area contributed by atoms with Gasteiger partial charge in [0.25, 0.3) is 5.91 Å². The van der Waals surface area contributed by atoms with Crippen LogP contribution in [0, 0.1) is 6.92 Å². The fraction of sp³-hybridized carbons (Fsp3) is 0.200. The first-order chi connectivity index (χ1) is 28.8. The Labute approximate surface area is 351 Å². The number of benzene rings is 4. The highest BCUT2D eigenvalue weighted by molar-refractivity contribution is 6.52. The smallest absolute Gasteiger partial charge is 0.337 e. The van der Waals surface area contributed by atoms with E-state index in [0.29, 0.717) is 29.1 Å². The van der Waals surface area contributed by atoms with E-state index in [0.717, 1.165) is 35.4 Å². The Morgan fingerprint density at radius 2 is 1.26 bits per heavy atom. The van der Waals surface area contributed by atoms with Crippen LogP contribution in [0.2, 0.25) is 5.02 Å². The molecule has 0 saturated carbocycles. The third-order valence-corrected chi connectivity index (χ3v) is 8.57. The highest BCUT2D eigenvalue weighted by atomic mass is 35.5. The largest absolute Gasteiger partial charge is 0.481 e. The van der Waals surface area contributed by atoms with E-state index in [1.165, 1.54) is 24.3 Å². The number of hydrogen-bond donors (Lipinski definition) is 10. The van der Waals surface area contributed by atoms with Crippen molar-refractivity contribution in [2.45, 2.75) is 38.8 Å². The number of aliphatic hydroxyl groups excluding tert-OH is 2. The number of aryl methyl sites for hydroxylation is 2. The lowest BCUT2D eigenvalue weighted by Gasteiger charge is -2.27. The number of nitrogens with zero attached hydrogens (tertiary/aromatic N) is 2. The Morgan fingerprint density at radius 1 is 0.689 bits per heavy atom. The maximum Gasteiger partial charge on any atom is 0.337 e. The number of para-hydroxylation sites is 2. The van der Waals surface area contributed by atoms with Crippen molar-refractivity contribution in [3.05, 3.63) is 124 Å². The van der Waals surface area contributed by atoms with Crippen LogP contribution in [-0.2, 0) is 25.6 Å². The molecule has 4 aromatic carbocycles. The van der Waals surface area contributed by atoms with Crippen LogP contribution < -0.4 is 25.8 Å². The van der Waals surface area contributed by atoms with E-state index in [2.05, 4.69) is 5.32 Å². The number of anilines is 3. The SMILES string of the molecule is Cc1cc(C(=O)Nc2ccc(CCCC(=O)O)cc2)ccc1Cl.O=C(O)CNC(=O)N(C(=O)C(=O)N(C(=O)NCC(O)O)c1ccccc1C(O)O)c1ccccc1C(=O)O. The molecule has 0 aromatic heterocycles. The Bertz CT molecular complexity index is 2270. The molecule has 0 saturated heterocycles. The molecule has 61 heavy (non-hydrogen) atoms. The Morgan fingerprint density at radius 3 is 1.82 bits per heavy atom. The summed E-state index contributed by atoms with van der Waals surface area (Å²) in [4.78, 5) is 97.8. The minimum Gasteiger partial charge on any atom is -0.481 e. The van der Waals surface area contributed by atoms with Crippen LogP contribution in [-0.4, -0.2) is 103 Å². The molecule has 0 unspecified atom stereocenters. The van der Waals surface area contributed by atoms with Gasteiger partial charge in [0.05, 0.1) is 23.5 Å². The number of rotatable bonds is 14. The third kappa shape index (κ3) is 14.2. The number of imide groups is 2. The number of halogens is 1. The summed E-state index contributed by atoms with van der Waals surface area (Å²) in [6, 6.07) is 18.6. The minimum absolute atomic E-state index is 0.00607. The predicted octanol–water partition coefficient (Wildman–Crippen LogP) is 2.86. The number of aliphatic carboxylic acids is 2. The normalized spacial score (nSPS) is 10.5. The van der Waals surface area contributed by atoms with Gasteiger partial charge >= 0.3 is 41.8 Å². The van der Waals surface area contributed by atoms with Gasteiger partial charge in [0, 0.05) is 28.3 Å². The molecule has 0 atom stereocenters. The van der Waals surface area contributed by atoms with Crippen molar-refractivity contribution in [2.75, 3.05) is 28.2 Å². The number of aromatic carboxylic acids is 1. The van der Waals surface area contributed by atoms with E-state index in [4.69, 9.17) is 32.0 Å². The number of carboxylic acids is 3. The maximum atomic E-state index is 13.4. The molecule has 322 valence electrons. The number of carbonyl (C=O) groups is 8. The Balaban J connectivity index is 0.000000367. The van der Waals surface area contributed by atoms with Crippen molar-refractivity contribution >= 4 is 76.4 Å². The second-order valence-electron chi connectivity index (χ2n) is 12.6. The minimum atomic E-state index is -2.27. The lowest BCUT2D eigenvalue weighted by molar-refractivity contribution is -0.137. The van der Waals surface area contributed by atoms with Crippen molar-refractivity contribution in [3.8, 4) is 0 Å². The van der Waals surface area contributed by atoms with Gasteiger partial charge in [-0.3, -0.25) is 24.0 Å². The summed E-state index contributed by atoms with van der Waals surface area (Å²) >= 11 is 5.96. The Kier molecular flexibility index (Phi) is 18.0. The Hall–Kier alpha value is -7.23. The first kappa shape index (κ1) is 48.1. The zero-order valence-corrected chi connectivity index (χ0v) is 32.8. The fourth-order valence-electron chi connectivity index (χ4n) is 5.25. The van der Waals surface area contributed by atoms with E-state index < -0.39 is 90.0 Å². The lowest BCUT2D eigenvalue weighted by Crippen LogP contribution is -2.56.